The molecule has 19 heteroatoms. The van der Waals surface area contributed by atoms with E-state index < -0.39 is 66.2 Å². The summed E-state index contributed by atoms with van der Waals surface area (Å²) in [5.41, 5.74) is 2.13. The Morgan fingerprint density at radius 3 is 2.06 bits per heavy atom. The van der Waals surface area contributed by atoms with Gasteiger partial charge in [0.15, 0.2) is 17.4 Å². The molecule has 3 spiro atoms. The van der Waals surface area contributed by atoms with Crippen LogP contribution in [0.2, 0.25) is 0 Å². The van der Waals surface area contributed by atoms with Gasteiger partial charge < -0.3 is 86.0 Å². The van der Waals surface area contributed by atoms with Gasteiger partial charge >= 0.3 is 5.97 Å². The molecule has 18 aliphatic rings. The van der Waals surface area contributed by atoms with Gasteiger partial charge in [0.2, 0.25) is 0 Å². The van der Waals surface area contributed by atoms with Gasteiger partial charge in [-0.3, -0.25) is 4.79 Å². The monoisotopic (exact) mass is 1110 g/mol. The second kappa shape index (κ2) is 18.6. The quantitative estimate of drug-likeness (QED) is 0.288. The van der Waals surface area contributed by atoms with E-state index in [-0.39, 0.29) is 158 Å². The third kappa shape index (κ3) is 8.15. The number of aliphatic hydroxyl groups is 2. The minimum absolute atomic E-state index is 0.0326. The van der Waals surface area contributed by atoms with Crippen molar-refractivity contribution in [1.82, 2.24) is 0 Å². The number of carbonyl (C=O) groups is 1. The van der Waals surface area contributed by atoms with E-state index in [4.69, 9.17) is 82.4 Å². The zero-order chi connectivity index (χ0) is 53.2. The minimum atomic E-state index is -0.993. The van der Waals surface area contributed by atoms with Crippen LogP contribution in [0.3, 0.4) is 0 Å². The summed E-state index contributed by atoms with van der Waals surface area (Å²) in [6, 6.07) is 0. The zero-order valence-corrected chi connectivity index (χ0v) is 45.9. The Balaban J connectivity index is 0.636. The van der Waals surface area contributed by atoms with E-state index in [0.29, 0.717) is 64.2 Å². The van der Waals surface area contributed by atoms with E-state index in [1.807, 2.05) is 0 Å². The number of ether oxygens (including phenoxy) is 16. The van der Waals surface area contributed by atoms with Crippen molar-refractivity contribution in [1.29, 1.82) is 0 Å². The summed E-state index contributed by atoms with van der Waals surface area (Å²) in [6.45, 7) is 15.7. The fourth-order valence-electron chi connectivity index (χ4n) is 19.6. The summed E-state index contributed by atoms with van der Waals surface area (Å²) in [5.74, 6) is -3.14. The van der Waals surface area contributed by atoms with Crippen LogP contribution < -0.4 is 0 Å². The third-order valence-corrected chi connectivity index (χ3v) is 23.0. The first kappa shape index (κ1) is 51.7. The maximum atomic E-state index is 14.5. The molecule has 2 N–H and O–H groups in total. The molecule has 0 aromatic carbocycles. The lowest BCUT2D eigenvalue weighted by atomic mass is 9.69. The van der Waals surface area contributed by atoms with Crippen LogP contribution in [0.5, 0.6) is 0 Å². The van der Waals surface area contributed by atoms with Crippen LogP contribution in [0, 0.1) is 29.6 Å². The molecule has 18 saturated heterocycles. The van der Waals surface area contributed by atoms with E-state index in [9.17, 15) is 15.0 Å². The minimum Gasteiger partial charge on any atom is -0.459 e. The van der Waals surface area contributed by atoms with Crippen LogP contribution in [0.25, 0.3) is 0 Å². The molecule has 0 aromatic heterocycles. The third-order valence-electron chi connectivity index (χ3n) is 23.0. The smallest absolute Gasteiger partial charge is 0.308 e. The molecular weight excluding hydrogens is 1020 g/mol. The van der Waals surface area contributed by atoms with Gasteiger partial charge in [-0.1, -0.05) is 33.9 Å². The molecule has 34 unspecified atom stereocenters. The number of esters is 1. The second-order valence-electron chi connectivity index (χ2n) is 28.0. The molecule has 19 nitrogen and oxygen atoms in total. The Labute approximate surface area is 461 Å². The summed E-state index contributed by atoms with van der Waals surface area (Å²) in [7, 11) is 0. The molecule has 18 aliphatic heterocycles. The molecule has 0 saturated carbocycles. The first-order chi connectivity index (χ1) is 38.2. The predicted octanol–water partition coefficient (Wildman–Crippen LogP) is 4.55. The van der Waals surface area contributed by atoms with Crippen molar-refractivity contribution in [3.05, 3.63) is 24.3 Å². The van der Waals surface area contributed by atoms with Crippen molar-refractivity contribution in [3.63, 3.8) is 0 Å². The first-order valence-corrected chi connectivity index (χ1v) is 31.0. The molecule has 79 heavy (non-hydrogen) atoms. The molecular formula is C60H82O19. The van der Waals surface area contributed by atoms with Crippen molar-refractivity contribution in [2.24, 2.45) is 29.6 Å². The largest absolute Gasteiger partial charge is 0.459 e. The Hall–Kier alpha value is -1.73. The Morgan fingerprint density at radius 2 is 1.19 bits per heavy atom. The number of hydrogen-bond donors (Lipinski definition) is 2. The molecule has 18 fully saturated rings. The van der Waals surface area contributed by atoms with E-state index in [1.165, 1.54) is 0 Å². The van der Waals surface area contributed by atoms with Crippen molar-refractivity contribution in [2.75, 3.05) is 6.61 Å². The number of aliphatic hydroxyl groups excluding tert-OH is 2. The van der Waals surface area contributed by atoms with Gasteiger partial charge in [-0.15, -0.1) is 0 Å². The van der Waals surface area contributed by atoms with Crippen molar-refractivity contribution in [3.8, 4) is 0 Å². The summed E-state index contributed by atoms with van der Waals surface area (Å²) >= 11 is 0. The lowest BCUT2D eigenvalue weighted by Gasteiger charge is -2.54. The topological polar surface area (TPSA) is 205 Å². The van der Waals surface area contributed by atoms with Crippen molar-refractivity contribution >= 4 is 5.97 Å². The van der Waals surface area contributed by atoms with Crippen LogP contribution in [0.15, 0.2) is 24.3 Å². The normalized spacial score (nSPS) is 60.7. The van der Waals surface area contributed by atoms with Crippen LogP contribution >= 0.6 is 0 Å². The fourth-order valence-corrected chi connectivity index (χ4v) is 19.6. The molecule has 18 rings (SSSR count). The number of rotatable bonds is 2. The summed E-state index contributed by atoms with van der Waals surface area (Å²) in [4.78, 5) is 14.5. The van der Waals surface area contributed by atoms with Crippen molar-refractivity contribution < 1.29 is 90.8 Å². The average Bonchev–Trinajstić information content (AvgIpc) is 4.06. The molecule has 18 heterocycles. The molecule has 0 aromatic rings. The van der Waals surface area contributed by atoms with Crippen LogP contribution in [0.1, 0.15) is 130 Å². The van der Waals surface area contributed by atoms with Gasteiger partial charge in [0.05, 0.1) is 129 Å². The number of hydrogen-bond acceptors (Lipinski definition) is 19. The number of carbonyl (C=O) groups excluding carboxylic acids is 1. The van der Waals surface area contributed by atoms with Gasteiger partial charge in [-0.2, -0.15) is 0 Å². The SMILES string of the molecule is C=C1CC2CC3C4CC(CCC1O2)OC(CC1OC2CC5OC6(CC5OC2C(C)C1OC(=O)CC1CCC2OC5C7OC38CC7OC5C(O8)C2O1)CC1OC2(CC(C)C3OC5CC(C(O)CO)OC5CC3O2)CC(C)C1O6)C4=C. The van der Waals surface area contributed by atoms with Crippen LogP contribution in [-0.2, 0) is 80.6 Å². The second-order valence-corrected chi connectivity index (χ2v) is 28.0. The van der Waals surface area contributed by atoms with Gasteiger partial charge in [-0.05, 0) is 73.8 Å². The standard InChI is InChI=1S/C60H82O19/c1-24-10-31-12-33-32-11-29(6-8-35(24)65-31)64-37(27(32)4)14-42-52(73-48(63)13-30-7-9-36-53(66-30)57-56-55(69-36)54-46(72-56)22-60(33,78-54)79-57)28(5)51-43(68-42)17-41-45(71-51)20-59(74-41)21-47-50(77-59)26(3)19-58(76-47)18-25(2)49-44(75-58)16-39-40(70-49)15-38(67-39)34(62)23-61/h25-26,28-47,49-57,61-62H,1,4,6-23H2,2-3,5H3. The summed E-state index contributed by atoms with van der Waals surface area (Å²) in [5, 5.41) is 20.0. The zero-order valence-electron chi connectivity index (χ0n) is 45.9. The number of fused-ring (bicyclic) bond motifs is 11. The highest BCUT2D eigenvalue weighted by Gasteiger charge is 2.72. The van der Waals surface area contributed by atoms with E-state index in [1.54, 1.807) is 0 Å². The molecule has 13 bridgehead atoms. The average molecular weight is 1110 g/mol. The Bertz CT molecular complexity index is 2450. The van der Waals surface area contributed by atoms with E-state index in [0.717, 1.165) is 49.7 Å². The van der Waals surface area contributed by atoms with Gasteiger partial charge in [0, 0.05) is 69.6 Å². The molecule has 436 valence electrons. The van der Waals surface area contributed by atoms with Crippen molar-refractivity contribution in [2.45, 2.75) is 306 Å². The molecule has 0 radical (unpaired) electrons. The Kier molecular flexibility index (Phi) is 12.2. The van der Waals surface area contributed by atoms with E-state index >= 15 is 0 Å². The maximum Gasteiger partial charge on any atom is 0.308 e. The summed E-state index contributed by atoms with van der Waals surface area (Å²) in [6.07, 6.45) is 2.66. The van der Waals surface area contributed by atoms with Gasteiger partial charge in [-0.25, -0.2) is 0 Å². The Morgan fingerprint density at radius 1 is 0.494 bits per heavy atom. The summed E-state index contributed by atoms with van der Waals surface area (Å²) < 4.78 is 112. The lowest BCUT2D eigenvalue weighted by Crippen LogP contribution is -2.63. The predicted molar refractivity (Wildman–Crippen MR) is 270 cm³/mol. The highest BCUT2D eigenvalue weighted by atomic mass is 16.8. The maximum absolute atomic E-state index is 14.5. The molecule has 0 aliphatic carbocycles. The lowest BCUT2D eigenvalue weighted by molar-refractivity contribution is -0.369. The molecule has 0 amide bonds. The van der Waals surface area contributed by atoms with Gasteiger partial charge in [0.25, 0.3) is 0 Å². The molecule has 34 atom stereocenters. The highest BCUT2D eigenvalue weighted by Crippen LogP contribution is 2.61. The van der Waals surface area contributed by atoms with Crippen LogP contribution in [0.4, 0.5) is 0 Å². The van der Waals surface area contributed by atoms with Gasteiger partial charge in [0.1, 0.15) is 42.7 Å². The highest BCUT2D eigenvalue weighted by molar-refractivity contribution is 5.70. The van der Waals surface area contributed by atoms with Crippen LogP contribution in [-0.4, -0.2) is 199 Å². The van der Waals surface area contributed by atoms with E-state index in [2.05, 4.69) is 27.4 Å². The first-order valence-electron chi connectivity index (χ1n) is 31.0. The fraction of sp³-hybridized carbons (Fsp3) is 0.917.